The zero-order valence-corrected chi connectivity index (χ0v) is 14.4. The van der Waals surface area contributed by atoms with Crippen LogP contribution in [-0.4, -0.2) is 10.9 Å². The van der Waals surface area contributed by atoms with Gasteiger partial charge in [-0.05, 0) is 23.3 Å². The molecule has 0 aliphatic rings. The molecule has 0 fully saturated rings. The molecule has 1 amide bonds. The molecule has 0 saturated carbocycles. The lowest BCUT2D eigenvalue weighted by atomic mass is 9.91. The summed E-state index contributed by atoms with van der Waals surface area (Å²) in [5.41, 5.74) is 1.32. The standard InChI is InChI=1S/C19H21F3N2O/c1-18(2,3)16-8-7-14(11-23-16)12-24-17(25)10-13-5-4-6-15(9-13)19(20,21)22/h4-9,11H,10,12H2,1-3H3,(H,24,25). The third-order valence-electron chi connectivity index (χ3n) is 3.70. The van der Waals surface area contributed by atoms with Crippen molar-refractivity contribution in [1.82, 2.24) is 10.3 Å². The van der Waals surface area contributed by atoms with Crippen molar-refractivity contribution >= 4 is 5.91 Å². The highest BCUT2D eigenvalue weighted by molar-refractivity contribution is 5.78. The van der Waals surface area contributed by atoms with Crippen molar-refractivity contribution in [3.63, 3.8) is 0 Å². The molecule has 0 aliphatic carbocycles. The Balaban J connectivity index is 1.93. The molecule has 0 spiro atoms. The highest BCUT2D eigenvalue weighted by atomic mass is 19.4. The molecule has 1 aromatic heterocycles. The molecule has 3 nitrogen and oxygen atoms in total. The summed E-state index contributed by atoms with van der Waals surface area (Å²) in [6.07, 6.45) is -2.81. The number of halogens is 3. The molecule has 0 atom stereocenters. The topological polar surface area (TPSA) is 42.0 Å². The summed E-state index contributed by atoms with van der Waals surface area (Å²) in [4.78, 5) is 16.3. The Labute approximate surface area is 145 Å². The van der Waals surface area contributed by atoms with Gasteiger partial charge in [-0.1, -0.05) is 45.0 Å². The fraction of sp³-hybridized carbons (Fsp3) is 0.368. The van der Waals surface area contributed by atoms with Crippen LogP contribution in [0.2, 0.25) is 0 Å². The molecule has 6 heteroatoms. The van der Waals surface area contributed by atoms with Gasteiger partial charge in [0.05, 0.1) is 12.0 Å². The Morgan fingerprint density at radius 2 is 1.80 bits per heavy atom. The number of rotatable bonds is 4. The Bertz CT molecular complexity index is 732. The number of aromatic nitrogens is 1. The smallest absolute Gasteiger partial charge is 0.352 e. The molecule has 0 radical (unpaired) electrons. The van der Waals surface area contributed by atoms with Gasteiger partial charge in [-0.15, -0.1) is 0 Å². The van der Waals surface area contributed by atoms with E-state index in [2.05, 4.69) is 31.1 Å². The highest BCUT2D eigenvalue weighted by Gasteiger charge is 2.30. The Morgan fingerprint density at radius 3 is 2.36 bits per heavy atom. The number of pyridine rings is 1. The molecular weight excluding hydrogens is 329 g/mol. The lowest BCUT2D eigenvalue weighted by Crippen LogP contribution is -2.25. The van der Waals surface area contributed by atoms with Gasteiger partial charge in [0.1, 0.15) is 0 Å². The zero-order valence-electron chi connectivity index (χ0n) is 14.4. The summed E-state index contributed by atoms with van der Waals surface area (Å²) >= 11 is 0. The minimum Gasteiger partial charge on any atom is -0.352 e. The van der Waals surface area contributed by atoms with Crippen LogP contribution in [0.1, 0.15) is 43.2 Å². The first-order chi connectivity index (χ1) is 11.6. The highest BCUT2D eigenvalue weighted by Crippen LogP contribution is 2.29. The van der Waals surface area contributed by atoms with Gasteiger partial charge in [0.25, 0.3) is 0 Å². The maximum atomic E-state index is 12.7. The lowest BCUT2D eigenvalue weighted by Gasteiger charge is -2.17. The van der Waals surface area contributed by atoms with Gasteiger partial charge in [-0.3, -0.25) is 9.78 Å². The molecular formula is C19H21F3N2O. The molecule has 0 unspecified atom stereocenters. The normalized spacial score (nSPS) is 12.1. The predicted molar refractivity (Wildman–Crippen MR) is 89.9 cm³/mol. The van der Waals surface area contributed by atoms with Gasteiger partial charge in [-0.25, -0.2) is 0 Å². The van der Waals surface area contributed by atoms with Crippen molar-refractivity contribution in [3.8, 4) is 0 Å². The number of carbonyl (C=O) groups is 1. The van der Waals surface area contributed by atoms with Crippen molar-refractivity contribution in [2.24, 2.45) is 0 Å². The second-order valence-electron chi connectivity index (χ2n) is 6.95. The number of carbonyl (C=O) groups excluding carboxylic acids is 1. The molecule has 2 rings (SSSR count). The second kappa shape index (κ2) is 7.25. The van der Waals surface area contributed by atoms with E-state index < -0.39 is 11.7 Å². The van der Waals surface area contributed by atoms with E-state index >= 15 is 0 Å². The van der Waals surface area contributed by atoms with E-state index in [1.54, 1.807) is 6.20 Å². The van der Waals surface area contributed by atoms with E-state index in [0.717, 1.165) is 23.4 Å². The fourth-order valence-corrected chi connectivity index (χ4v) is 2.28. The number of amides is 1. The van der Waals surface area contributed by atoms with Crippen LogP contribution in [0.5, 0.6) is 0 Å². The van der Waals surface area contributed by atoms with Crippen molar-refractivity contribution in [3.05, 3.63) is 65.0 Å². The first-order valence-corrected chi connectivity index (χ1v) is 7.94. The van der Waals surface area contributed by atoms with Crippen LogP contribution in [0.4, 0.5) is 13.2 Å². The SMILES string of the molecule is CC(C)(C)c1ccc(CNC(=O)Cc2cccc(C(F)(F)F)c2)cn1. The van der Waals surface area contributed by atoms with Crippen molar-refractivity contribution in [2.45, 2.75) is 45.3 Å². The molecule has 2 aromatic rings. The quantitative estimate of drug-likeness (QED) is 0.895. The van der Waals surface area contributed by atoms with Gasteiger partial charge >= 0.3 is 6.18 Å². The number of nitrogens with zero attached hydrogens (tertiary/aromatic N) is 1. The van der Waals surface area contributed by atoms with E-state index in [0.29, 0.717) is 5.56 Å². The Kier molecular flexibility index (Phi) is 5.50. The molecule has 1 N–H and O–H groups in total. The molecule has 1 heterocycles. The van der Waals surface area contributed by atoms with Crippen molar-refractivity contribution in [2.75, 3.05) is 0 Å². The first-order valence-electron chi connectivity index (χ1n) is 7.94. The molecule has 0 aliphatic heterocycles. The number of nitrogens with one attached hydrogen (secondary N) is 1. The Hall–Kier alpha value is -2.37. The maximum absolute atomic E-state index is 12.7. The van der Waals surface area contributed by atoms with Gasteiger partial charge in [0, 0.05) is 23.9 Å². The minimum atomic E-state index is -4.41. The molecule has 0 bridgehead atoms. The fourth-order valence-electron chi connectivity index (χ4n) is 2.28. The largest absolute Gasteiger partial charge is 0.416 e. The van der Waals surface area contributed by atoms with E-state index in [-0.39, 0.29) is 24.3 Å². The van der Waals surface area contributed by atoms with Gasteiger partial charge in [0.15, 0.2) is 0 Å². The number of hydrogen-bond acceptors (Lipinski definition) is 2. The van der Waals surface area contributed by atoms with Crippen LogP contribution in [0.3, 0.4) is 0 Å². The lowest BCUT2D eigenvalue weighted by molar-refractivity contribution is -0.137. The summed E-state index contributed by atoms with van der Waals surface area (Å²) in [5.74, 6) is -0.334. The third-order valence-corrected chi connectivity index (χ3v) is 3.70. The number of hydrogen-bond donors (Lipinski definition) is 1. The zero-order chi connectivity index (χ0) is 18.7. The Morgan fingerprint density at radius 1 is 1.08 bits per heavy atom. The third kappa shape index (κ3) is 5.59. The average Bonchev–Trinajstić information content (AvgIpc) is 2.52. The molecule has 25 heavy (non-hydrogen) atoms. The van der Waals surface area contributed by atoms with Crippen molar-refractivity contribution < 1.29 is 18.0 Å². The summed E-state index contributed by atoms with van der Waals surface area (Å²) in [7, 11) is 0. The van der Waals surface area contributed by atoms with Crippen LogP contribution >= 0.6 is 0 Å². The molecule has 0 saturated heterocycles. The predicted octanol–water partition coefficient (Wildman–Crippen LogP) is 4.26. The van der Waals surface area contributed by atoms with E-state index in [1.165, 1.54) is 12.1 Å². The number of alkyl halides is 3. The molecule has 1 aromatic carbocycles. The summed E-state index contributed by atoms with van der Waals surface area (Å²) < 4.78 is 38.1. The van der Waals surface area contributed by atoms with Crippen LogP contribution in [0.15, 0.2) is 42.6 Å². The first kappa shape index (κ1) is 19.0. The van der Waals surface area contributed by atoms with Crippen molar-refractivity contribution in [1.29, 1.82) is 0 Å². The summed E-state index contributed by atoms with van der Waals surface area (Å²) in [5, 5.41) is 2.70. The summed E-state index contributed by atoms with van der Waals surface area (Å²) in [6, 6.07) is 8.60. The van der Waals surface area contributed by atoms with E-state index in [9.17, 15) is 18.0 Å². The van der Waals surface area contributed by atoms with Crippen LogP contribution in [-0.2, 0) is 29.4 Å². The van der Waals surface area contributed by atoms with Gasteiger partial charge < -0.3 is 5.32 Å². The van der Waals surface area contributed by atoms with Gasteiger partial charge in [-0.2, -0.15) is 13.2 Å². The van der Waals surface area contributed by atoms with Crippen LogP contribution in [0, 0.1) is 0 Å². The molecule has 134 valence electrons. The maximum Gasteiger partial charge on any atom is 0.416 e. The van der Waals surface area contributed by atoms with Crippen LogP contribution < -0.4 is 5.32 Å². The monoisotopic (exact) mass is 350 g/mol. The number of benzene rings is 1. The van der Waals surface area contributed by atoms with E-state index in [4.69, 9.17) is 0 Å². The van der Waals surface area contributed by atoms with Crippen LogP contribution in [0.25, 0.3) is 0 Å². The van der Waals surface area contributed by atoms with E-state index in [1.807, 2.05) is 12.1 Å². The summed E-state index contributed by atoms with van der Waals surface area (Å²) in [6.45, 7) is 6.47. The average molecular weight is 350 g/mol. The second-order valence-corrected chi connectivity index (χ2v) is 6.95. The minimum absolute atomic E-state index is 0.0503. The van der Waals surface area contributed by atoms with Gasteiger partial charge in [0.2, 0.25) is 5.91 Å².